The van der Waals surface area contributed by atoms with Crippen molar-refractivity contribution in [2.45, 2.75) is 44.8 Å². The highest BCUT2D eigenvalue weighted by Crippen LogP contribution is 2.29. The second-order valence-corrected chi connectivity index (χ2v) is 4.58. The third kappa shape index (κ3) is 2.96. The third-order valence-electron chi connectivity index (χ3n) is 2.76. The first-order chi connectivity index (χ1) is 6.41. The van der Waals surface area contributed by atoms with Crippen molar-refractivity contribution in [1.29, 1.82) is 0 Å². The molecule has 0 radical (unpaired) electrons. The van der Waals surface area contributed by atoms with E-state index in [9.17, 15) is 4.79 Å². The van der Waals surface area contributed by atoms with Gasteiger partial charge in [0.1, 0.15) is 0 Å². The zero-order valence-electron chi connectivity index (χ0n) is 8.82. The molecule has 1 fully saturated rings. The second-order valence-electron chi connectivity index (χ2n) is 4.58. The van der Waals surface area contributed by atoms with E-state index in [2.05, 4.69) is 0 Å². The van der Waals surface area contributed by atoms with Gasteiger partial charge in [-0.1, -0.05) is 0 Å². The highest BCUT2D eigenvalue weighted by molar-refractivity contribution is 5.67. The Morgan fingerprint density at radius 3 is 2.71 bits per heavy atom. The molecule has 0 aromatic heterocycles. The minimum absolute atomic E-state index is 0.0195. The zero-order valence-corrected chi connectivity index (χ0v) is 8.82. The van der Waals surface area contributed by atoms with E-state index in [-0.39, 0.29) is 18.4 Å². The van der Waals surface area contributed by atoms with Crippen LogP contribution in [0.1, 0.15) is 33.1 Å². The Morgan fingerprint density at radius 2 is 2.36 bits per heavy atom. The fraction of sp³-hybridized carbons (Fsp3) is 0.900. The molecule has 1 heterocycles. The summed E-state index contributed by atoms with van der Waals surface area (Å²) in [7, 11) is 0. The minimum atomic E-state index is -0.802. The molecule has 1 rings (SSSR count). The van der Waals surface area contributed by atoms with Crippen molar-refractivity contribution >= 4 is 5.97 Å². The van der Waals surface area contributed by atoms with Gasteiger partial charge in [-0.15, -0.1) is 0 Å². The van der Waals surface area contributed by atoms with E-state index in [1.807, 2.05) is 13.8 Å². The molecule has 3 N–H and O–H groups in total. The average Bonchev–Trinajstić information content (AvgIpc) is 2.49. The smallest absolute Gasteiger partial charge is 0.303 e. The Bertz CT molecular complexity index is 204. The third-order valence-corrected chi connectivity index (χ3v) is 2.76. The molecule has 0 amide bonds. The highest BCUT2D eigenvalue weighted by Gasteiger charge is 2.36. The predicted molar refractivity (Wildman–Crippen MR) is 53.0 cm³/mol. The monoisotopic (exact) mass is 201 g/mol. The van der Waals surface area contributed by atoms with Gasteiger partial charge < -0.3 is 15.6 Å². The normalized spacial score (nSPS) is 24.9. The van der Waals surface area contributed by atoms with Crippen LogP contribution in [-0.2, 0) is 9.53 Å². The maximum absolute atomic E-state index is 10.7. The van der Waals surface area contributed by atoms with Crippen molar-refractivity contribution in [2.75, 3.05) is 6.61 Å². The van der Waals surface area contributed by atoms with Gasteiger partial charge in [0.15, 0.2) is 0 Å². The standard InChI is InChI=1S/C10H19NO3/c1-10(2,11)7(6-9(12)13)8-4-3-5-14-8/h7-8H,3-6,11H2,1-2H3,(H,12,13). The Hall–Kier alpha value is -0.610. The number of nitrogens with two attached hydrogens (primary N) is 1. The fourth-order valence-corrected chi connectivity index (χ4v) is 1.98. The van der Waals surface area contributed by atoms with Gasteiger partial charge in [-0.05, 0) is 26.7 Å². The molecule has 14 heavy (non-hydrogen) atoms. The van der Waals surface area contributed by atoms with Crippen molar-refractivity contribution in [3.63, 3.8) is 0 Å². The Morgan fingerprint density at radius 1 is 1.71 bits per heavy atom. The van der Waals surface area contributed by atoms with Crippen LogP contribution in [0.15, 0.2) is 0 Å². The molecular formula is C10H19NO3. The van der Waals surface area contributed by atoms with Crippen molar-refractivity contribution < 1.29 is 14.6 Å². The van der Waals surface area contributed by atoms with Gasteiger partial charge in [0, 0.05) is 18.1 Å². The van der Waals surface area contributed by atoms with Gasteiger partial charge in [-0.3, -0.25) is 4.79 Å². The Labute approximate surface area is 84.4 Å². The van der Waals surface area contributed by atoms with E-state index in [0.717, 1.165) is 19.4 Å². The summed E-state index contributed by atoms with van der Waals surface area (Å²) < 4.78 is 5.50. The molecule has 4 heteroatoms. The van der Waals surface area contributed by atoms with Crippen LogP contribution in [0, 0.1) is 5.92 Å². The highest BCUT2D eigenvalue weighted by atomic mass is 16.5. The molecule has 0 saturated carbocycles. The summed E-state index contributed by atoms with van der Waals surface area (Å²) >= 11 is 0. The maximum Gasteiger partial charge on any atom is 0.303 e. The molecule has 2 atom stereocenters. The summed E-state index contributed by atoms with van der Waals surface area (Å²) in [6, 6.07) is 0. The topological polar surface area (TPSA) is 72.6 Å². The molecule has 82 valence electrons. The first-order valence-corrected chi connectivity index (χ1v) is 5.03. The van der Waals surface area contributed by atoms with Crippen LogP contribution in [0.4, 0.5) is 0 Å². The molecule has 1 aliphatic rings. The summed E-state index contributed by atoms with van der Waals surface area (Å²) in [4.78, 5) is 10.7. The Balaban J connectivity index is 2.65. The number of carboxylic acid groups (broad SMARTS) is 1. The first kappa shape index (κ1) is 11.5. The lowest BCUT2D eigenvalue weighted by molar-refractivity contribution is -0.140. The van der Waals surface area contributed by atoms with E-state index < -0.39 is 11.5 Å². The molecule has 0 aromatic rings. The van der Waals surface area contributed by atoms with E-state index >= 15 is 0 Å². The molecule has 0 spiro atoms. The number of ether oxygens (including phenoxy) is 1. The lowest BCUT2D eigenvalue weighted by Gasteiger charge is -2.33. The number of aliphatic carboxylic acids is 1. The maximum atomic E-state index is 10.7. The number of rotatable bonds is 4. The summed E-state index contributed by atoms with van der Waals surface area (Å²) in [5.41, 5.74) is 5.47. The summed E-state index contributed by atoms with van der Waals surface area (Å²) in [5.74, 6) is -0.897. The fourth-order valence-electron chi connectivity index (χ4n) is 1.98. The van der Waals surface area contributed by atoms with Crippen LogP contribution in [-0.4, -0.2) is 29.3 Å². The van der Waals surface area contributed by atoms with Gasteiger partial charge in [-0.25, -0.2) is 0 Å². The van der Waals surface area contributed by atoms with E-state index in [0.29, 0.717) is 0 Å². The van der Waals surface area contributed by atoms with Gasteiger partial charge in [-0.2, -0.15) is 0 Å². The van der Waals surface area contributed by atoms with Crippen LogP contribution in [0.25, 0.3) is 0 Å². The van der Waals surface area contributed by atoms with Gasteiger partial charge in [0.25, 0.3) is 0 Å². The van der Waals surface area contributed by atoms with Crippen molar-refractivity contribution in [1.82, 2.24) is 0 Å². The number of hydrogen-bond acceptors (Lipinski definition) is 3. The average molecular weight is 201 g/mol. The van der Waals surface area contributed by atoms with Gasteiger partial charge >= 0.3 is 5.97 Å². The van der Waals surface area contributed by atoms with Crippen molar-refractivity contribution in [3.8, 4) is 0 Å². The molecule has 1 saturated heterocycles. The lowest BCUT2D eigenvalue weighted by Crippen LogP contribution is -2.47. The van der Waals surface area contributed by atoms with Crippen molar-refractivity contribution in [3.05, 3.63) is 0 Å². The lowest BCUT2D eigenvalue weighted by atomic mass is 9.80. The summed E-state index contributed by atoms with van der Waals surface area (Å²) in [6.45, 7) is 4.46. The summed E-state index contributed by atoms with van der Waals surface area (Å²) in [5, 5.41) is 8.80. The molecule has 0 aliphatic carbocycles. The van der Waals surface area contributed by atoms with Crippen LogP contribution >= 0.6 is 0 Å². The first-order valence-electron chi connectivity index (χ1n) is 5.03. The molecule has 2 unspecified atom stereocenters. The SMILES string of the molecule is CC(C)(N)C(CC(=O)O)C1CCCO1. The second kappa shape index (κ2) is 4.28. The molecule has 4 nitrogen and oxygen atoms in total. The number of hydrogen-bond donors (Lipinski definition) is 2. The van der Waals surface area contributed by atoms with Crippen LogP contribution in [0.3, 0.4) is 0 Å². The number of carboxylic acids is 1. The van der Waals surface area contributed by atoms with Crippen LogP contribution in [0.2, 0.25) is 0 Å². The van der Waals surface area contributed by atoms with E-state index in [1.165, 1.54) is 0 Å². The van der Waals surface area contributed by atoms with Crippen molar-refractivity contribution in [2.24, 2.45) is 11.7 Å². The van der Waals surface area contributed by atoms with Crippen LogP contribution in [0.5, 0.6) is 0 Å². The quantitative estimate of drug-likeness (QED) is 0.711. The van der Waals surface area contributed by atoms with Gasteiger partial charge in [0.2, 0.25) is 0 Å². The van der Waals surface area contributed by atoms with E-state index in [1.54, 1.807) is 0 Å². The van der Waals surface area contributed by atoms with Gasteiger partial charge in [0.05, 0.1) is 12.5 Å². The van der Waals surface area contributed by atoms with E-state index in [4.69, 9.17) is 15.6 Å². The Kier molecular flexibility index (Phi) is 3.50. The summed E-state index contributed by atoms with van der Waals surface area (Å²) in [6.07, 6.45) is 2.05. The number of carbonyl (C=O) groups is 1. The molecule has 1 aliphatic heterocycles. The predicted octanol–water partition coefficient (Wildman–Crippen LogP) is 0.994. The molecular weight excluding hydrogens is 182 g/mol. The largest absolute Gasteiger partial charge is 0.481 e. The molecule has 0 bridgehead atoms. The molecule has 0 aromatic carbocycles. The van der Waals surface area contributed by atoms with Crippen LogP contribution < -0.4 is 5.73 Å². The minimum Gasteiger partial charge on any atom is -0.481 e. The zero-order chi connectivity index (χ0) is 10.8.